The smallest absolute Gasteiger partial charge is 0.468 e. The van der Waals surface area contributed by atoms with E-state index in [2.05, 4.69) is 5.32 Å². The van der Waals surface area contributed by atoms with Gasteiger partial charge in [-0.1, -0.05) is 53.5 Å². The number of halogens is 5. The number of hydrogen-bond donors (Lipinski definition) is 2. The first-order valence-corrected chi connectivity index (χ1v) is 14.3. The zero-order valence-corrected chi connectivity index (χ0v) is 23.5. The second-order valence-electron chi connectivity index (χ2n) is 9.33. The molecule has 0 unspecified atom stereocenters. The molecule has 1 aliphatic rings. The minimum Gasteiger partial charge on any atom is -0.468 e. The van der Waals surface area contributed by atoms with Crippen LogP contribution in [0.3, 0.4) is 0 Å². The molecule has 3 aromatic rings. The number of nitrogens with two attached hydrogens (primary N) is 1. The second kappa shape index (κ2) is 11.5. The Labute approximate surface area is 240 Å². The molecule has 0 spiro atoms. The van der Waals surface area contributed by atoms with Crippen molar-refractivity contribution >= 4 is 50.6 Å². The molecule has 0 saturated carbocycles. The molecule has 13 heteroatoms. The standard InChI is InChI=1S/C27H26Cl2F3N3O4S/c1-39-25(36)26(17-2-7-20(28)8-3-17,18-4-9-21(29)10-5-18)19-6-11-23(33)24(16-19)34-22-12-14-35(15-13-22)40(37,38)27(30,31)32/h2-11,16,22,34H,12-15,33H2,1H3. The molecule has 1 aliphatic heterocycles. The molecule has 7 nitrogen and oxygen atoms in total. The minimum absolute atomic E-state index is 0.121. The molecule has 3 aromatic carbocycles. The maximum atomic E-state index is 13.7. The molecular formula is C27H26Cl2F3N3O4S. The van der Waals surface area contributed by atoms with E-state index in [1.807, 2.05) is 0 Å². The van der Waals surface area contributed by atoms with Gasteiger partial charge in [0.15, 0.2) is 0 Å². The maximum absolute atomic E-state index is 13.7. The van der Waals surface area contributed by atoms with Gasteiger partial charge in [0.1, 0.15) is 5.41 Å². The summed E-state index contributed by atoms with van der Waals surface area (Å²) in [5.74, 6) is -0.585. The first-order valence-electron chi connectivity index (χ1n) is 12.1. The van der Waals surface area contributed by atoms with Crippen LogP contribution in [0.15, 0.2) is 66.7 Å². The molecule has 214 valence electrons. The number of rotatable bonds is 7. The number of methoxy groups -OCH3 is 1. The lowest BCUT2D eigenvalue weighted by Gasteiger charge is -2.35. The van der Waals surface area contributed by atoms with Gasteiger partial charge in [0.2, 0.25) is 0 Å². The highest BCUT2D eigenvalue weighted by Gasteiger charge is 2.50. The number of nitrogens with one attached hydrogen (secondary N) is 1. The van der Waals surface area contributed by atoms with Gasteiger partial charge in [0, 0.05) is 29.2 Å². The third-order valence-electron chi connectivity index (χ3n) is 6.98. The number of esters is 1. The monoisotopic (exact) mass is 615 g/mol. The third kappa shape index (κ3) is 5.60. The summed E-state index contributed by atoms with van der Waals surface area (Å²) in [6.07, 6.45) is 0.241. The van der Waals surface area contributed by atoms with E-state index in [0.717, 1.165) is 0 Å². The highest BCUT2D eigenvalue weighted by Crippen LogP contribution is 2.43. The van der Waals surface area contributed by atoms with Crippen molar-refractivity contribution < 1.29 is 31.1 Å². The topological polar surface area (TPSA) is 102 Å². The number of anilines is 2. The highest BCUT2D eigenvalue weighted by molar-refractivity contribution is 7.90. The van der Waals surface area contributed by atoms with Crippen molar-refractivity contribution in [3.8, 4) is 0 Å². The van der Waals surface area contributed by atoms with Gasteiger partial charge in [0.05, 0.1) is 18.5 Å². The summed E-state index contributed by atoms with van der Waals surface area (Å²) in [5, 5.41) is 4.17. The van der Waals surface area contributed by atoms with E-state index < -0.39 is 26.9 Å². The van der Waals surface area contributed by atoms with Crippen LogP contribution in [0.1, 0.15) is 29.5 Å². The molecule has 0 bridgehead atoms. The normalized spacial score (nSPS) is 15.6. The number of benzene rings is 3. The number of nitrogens with zero attached hydrogens (tertiary/aromatic N) is 1. The summed E-state index contributed by atoms with van der Waals surface area (Å²) in [4.78, 5) is 13.7. The fourth-order valence-electron chi connectivity index (χ4n) is 4.93. The first kappa shape index (κ1) is 30.0. The lowest BCUT2D eigenvalue weighted by Crippen LogP contribution is -2.47. The van der Waals surface area contributed by atoms with Crippen LogP contribution in [0.4, 0.5) is 24.5 Å². The fraction of sp³-hybridized carbons (Fsp3) is 0.296. The van der Waals surface area contributed by atoms with Crippen LogP contribution in [-0.4, -0.2) is 50.4 Å². The molecule has 1 heterocycles. The summed E-state index contributed by atoms with van der Waals surface area (Å²) in [7, 11) is -4.12. The van der Waals surface area contributed by atoms with Crippen molar-refractivity contribution in [2.75, 3.05) is 31.2 Å². The lowest BCUT2D eigenvalue weighted by atomic mass is 9.69. The summed E-state index contributed by atoms with van der Waals surface area (Å²) >= 11 is 12.3. The highest BCUT2D eigenvalue weighted by atomic mass is 35.5. The SMILES string of the molecule is COC(=O)C(c1ccc(Cl)cc1)(c1ccc(Cl)cc1)c1ccc(N)c(NC2CCN(S(=O)(=O)C(F)(F)F)CC2)c1. The summed E-state index contributed by atoms with van der Waals surface area (Å²) in [5.41, 5.74) is 1.84. The van der Waals surface area contributed by atoms with Gasteiger partial charge in [-0.15, -0.1) is 0 Å². The van der Waals surface area contributed by atoms with Crippen LogP contribution in [-0.2, 0) is 25.0 Å². The van der Waals surface area contributed by atoms with E-state index >= 15 is 0 Å². The number of ether oxygens (including phenoxy) is 1. The number of nitrogen functional groups attached to an aromatic ring is 1. The zero-order chi connectivity index (χ0) is 29.3. The molecule has 3 N–H and O–H groups in total. The van der Waals surface area contributed by atoms with Crippen molar-refractivity contribution in [1.29, 1.82) is 0 Å². The lowest BCUT2D eigenvalue weighted by molar-refractivity contribution is -0.144. The number of carbonyl (C=O) groups is 1. The maximum Gasteiger partial charge on any atom is 0.511 e. The van der Waals surface area contributed by atoms with Crippen LogP contribution in [0.25, 0.3) is 0 Å². The van der Waals surface area contributed by atoms with Gasteiger partial charge in [-0.25, -0.2) is 8.42 Å². The predicted octanol–water partition coefficient (Wildman–Crippen LogP) is 5.81. The Bertz CT molecular complexity index is 1430. The van der Waals surface area contributed by atoms with E-state index in [1.165, 1.54) is 7.11 Å². The Balaban J connectivity index is 1.74. The van der Waals surface area contributed by atoms with E-state index in [1.54, 1.807) is 66.7 Å². The van der Waals surface area contributed by atoms with E-state index in [4.69, 9.17) is 33.7 Å². The Kier molecular flexibility index (Phi) is 8.60. The van der Waals surface area contributed by atoms with E-state index in [9.17, 15) is 26.4 Å². The second-order valence-corrected chi connectivity index (χ2v) is 12.1. The van der Waals surface area contributed by atoms with Crippen molar-refractivity contribution in [2.24, 2.45) is 0 Å². The number of carbonyl (C=O) groups excluding carboxylic acids is 1. The molecule has 1 fully saturated rings. The van der Waals surface area contributed by atoms with E-state index in [0.29, 0.717) is 42.4 Å². The summed E-state index contributed by atoms with van der Waals surface area (Å²) < 4.78 is 68.3. The number of alkyl halides is 3. The molecule has 1 saturated heterocycles. The predicted molar refractivity (Wildman–Crippen MR) is 149 cm³/mol. The van der Waals surface area contributed by atoms with Crippen molar-refractivity contribution in [3.63, 3.8) is 0 Å². The molecule has 0 atom stereocenters. The average Bonchev–Trinajstić information content (AvgIpc) is 2.92. The van der Waals surface area contributed by atoms with Gasteiger partial charge in [-0.05, 0) is 65.9 Å². The van der Waals surface area contributed by atoms with Gasteiger partial charge < -0.3 is 15.8 Å². The summed E-state index contributed by atoms with van der Waals surface area (Å²) in [6.45, 7) is -0.610. The van der Waals surface area contributed by atoms with Gasteiger partial charge in [0.25, 0.3) is 0 Å². The molecule has 0 radical (unpaired) electrons. The number of piperidine rings is 1. The number of hydrogen-bond acceptors (Lipinski definition) is 6. The molecule has 0 aromatic heterocycles. The largest absolute Gasteiger partial charge is 0.511 e. The van der Waals surface area contributed by atoms with E-state index in [-0.39, 0.29) is 32.0 Å². The third-order valence-corrected chi connectivity index (χ3v) is 9.11. The summed E-state index contributed by atoms with van der Waals surface area (Å²) in [6, 6.07) is 18.1. The van der Waals surface area contributed by atoms with Gasteiger partial charge >= 0.3 is 21.5 Å². The van der Waals surface area contributed by atoms with Crippen molar-refractivity contribution in [2.45, 2.75) is 29.8 Å². The van der Waals surface area contributed by atoms with Crippen molar-refractivity contribution in [1.82, 2.24) is 4.31 Å². The zero-order valence-electron chi connectivity index (χ0n) is 21.2. The van der Waals surface area contributed by atoms with Crippen LogP contribution >= 0.6 is 23.2 Å². The Morgan fingerprint density at radius 3 is 1.85 bits per heavy atom. The fourth-order valence-corrected chi connectivity index (χ4v) is 6.16. The molecule has 40 heavy (non-hydrogen) atoms. The van der Waals surface area contributed by atoms with Gasteiger partial charge in [-0.2, -0.15) is 17.5 Å². The van der Waals surface area contributed by atoms with Crippen molar-refractivity contribution in [3.05, 3.63) is 93.5 Å². The van der Waals surface area contributed by atoms with Crippen LogP contribution in [0, 0.1) is 0 Å². The Morgan fingerprint density at radius 2 is 1.40 bits per heavy atom. The van der Waals surface area contributed by atoms with Crippen LogP contribution in [0.5, 0.6) is 0 Å². The first-order chi connectivity index (χ1) is 18.8. The molecule has 0 amide bonds. The minimum atomic E-state index is -5.40. The van der Waals surface area contributed by atoms with Crippen LogP contribution in [0.2, 0.25) is 10.0 Å². The quantitative estimate of drug-likeness (QED) is 0.198. The average molecular weight is 616 g/mol. The van der Waals surface area contributed by atoms with Gasteiger partial charge in [-0.3, -0.25) is 4.79 Å². The Hall–Kier alpha value is -2.99. The Morgan fingerprint density at radius 1 is 0.925 bits per heavy atom. The molecule has 4 rings (SSSR count). The molecule has 0 aliphatic carbocycles. The number of sulfonamides is 1. The van der Waals surface area contributed by atoms with Crippen LogP contribution < -0.4 is 11.1 Å². The molecular weight excluding hydrogens is 590 g/mol.